The highest BCUT2D eigenvalue weighted by atomic mass is 28.3. The molecule has 0 aliphatic carbocycles. The lowest BCUT2D eigenvalue weighted by atomic mass is 10.1. The summed E-state index contributed by atoms with van der Waals surface area (Å²) in [5.41, 5.74) is 5.39. The van der Waals surface area contributed by atoms with Crippen LogP contribution in [0.4, 0.5) is 17.2 Å². The number of carbonyl (C=O) groups excluding carboxylic acids is 2. The van der Waals surface area contributed by atoms with Crippen LogP contribution in [0.5, 0.6) is 5.75 Å². The van der Waals surface area contributed by atoms with E-state index in [1.165, 1.54) is 7.11 Å². The molecule has 3 rings (SSSR count). The molecule has 1 heterocycles. The van der Waals surface area contributed by atoms with Crippen LogP contribution in [0.25, 0.3) is 4.85 Å². The molecule has 0 atom stereocenters. The quantitative estimate of drug-likeness (QED) is 0.299. The monoisotopic (exact) mass is 468 g/mol. The van der Waals surface area contributed by atoms with Crippen molar-refractivity contribution in [3.8, 4) is 17.2 Å². The fourth-order valence-electron chi connectivity index (χ4n) is 2.81. The molecule has 34 heavy (non-hydrogen) atoms. The lowest BCUT2D eigenvalue weighted by Crippen LogP contribution is -2.19. The highest BCUT2D eigenvalue weighted by Gasteiger charge is 2.17. The molecule has 0 spiro atoms. The van der Waals surface area contributed by atoms with Crippen LogP contribution in [-0.4, -0.2) is 32.0 Å². The van der Waals surface area contributed by atoms with E-state index in [0.717, 1.165) is 5.56 Å². The van der Waals surface area contributed by atoms with Crippen LogP contribution < -0.4 is 15.4 Å². The number of nitrogens with one attached hydrogen (secondary N) is 2. The summed E-state index contributed by atoms with van der Waals surface area (Å²) < 4.78 is 5.25. The Bertz CT molecular complexity index is 1310. The lowest BCUT2D eigenvalue weighted by molar-refractivity contribution is 0.102. The van der Waals surface area contributed by atoms with Gasteiger partial charge in [0.25, 0.3) is 11.8 Å². The van der Waals surface area contributed by atoms with Gasteiger partial charge in [-0.2, -0.15) is 0 Å². The van der Waals surface area contributed by atoms with Crippen LogP contribution in [0.2, 0.25) is 19.6 Å². The summed E-state index contributed by atoms with van der Waals surface area (Å²) in [6.45, 7) is 13.5. The maximum atomic E-state index is 13.0. The second kappa shape index (κ2) is 10.5. The predicted octanol–water partition coefficient (Wildman–Crippen LogP) is 5.37. The third kappa shape index (κ3) is 6.55. The molecule has 0 saturated heterocycles. The molecule has 2 amide bonds. The first-order valence-corrected chi connectivity index (χ1v) is 14.0. The van der Waals surface area contributed by atoms with Crippen molar-refractivity contribution in [3.05, 3.63) is 88.9 Å². The van der Waals surface area contributed by atoms with Crippen LogP contribution in [0, 0.1) is 18.0 Å². The van der Waals surface area contributed by atoms with Crippen molar-refractivity contribution in [3.63, 3.8) is 0 Å². The number of hydrogen-bond acceptors (Lipinski definition) is 4. The SMILES string of the molecule is [C-]#[N+]c1ccc(C(=O)Nc2ccc(OC)cc2C(=O)Nc2ccc(C#C[Si](C)(C)C)cn2)cc1. The van der Waals surface area contributed by atoms with Gasteiger partial charge in [0.1, 0.15) is 19.6 Å². The normalized spacial score (nSPS) is 10.3. The van der Waals surface area contributed by atoms with E-state index in [1.807, 2.05) is 0 Å². The van der Waals surface area contributed by atoms with Crippen LogP contribution in [0.15, 0.2) is 60.8 Å². The zero-order chi connectivity index (χ0) is 24.7. The van der Waals surface area contributed by atoms with Crippen LogP contribution in [0.1, 0.15) is 26.3 Å². The molecule has 2 aromatic carbocycles. The second-order valence-corrected chi connectivity index (χ2v) is 13.2. The number of aromatic nitrogens is 1. The Morgan fingerprint density at radius 1 is 1.00 bits per heavy atom. The zero-order valence-corrected chi connectivity index (χ0v) is 20.4. The van der Waals surface area contributed by atoms with Crippen molar-refractivity contribution >= 4 is 37.1 Å². The summed E-state index contributed by atoms with van der Waals surface area (Å²) in [5.74, 6) is 3.09. The minimum absolute atomic E-state index is 0.217. The van der Waals surface area contributed by atoms with Gasteiger partial charge < -0.3 is 15.4 Å². The average molecular weight is 469 g/mol. The van der Waals surface area contributed by atoms with E-state index in [9.17, 15) is 9.59 Å². The van der Waals surface area contributed by atoms with Crippen LogP contribution in [0.3, 0.4) is 0 Å². The summed E-state index contributed by atoms with van der Waals surface area (Å²) in [7, 11) is -0.00437. The Morgan fingerprint density at radius 2 is 1.74 bits per heavy atom. The first kappa shape index (κ1) is 24.2. The van der Waals surface area contributed by atoms with Gasteiger partial charge >= 0.3 is 0 Å². The molecule has 0 bridgehead atoms. The Labute approximate surface area is 200 Å². The molecule has 1 aromatic heterocycles. The van der Waals surface area contributed by atoms with Gasteiger partial charge in [-0.25, -0.2) is 9.83 Å². The molecule has 0 radical (unpaired) electrons. The topological polar surface area (TPSA) is 84.7 Å². The van der Waals surface area contributed by atoms with E-state index in [1.54, 1.807) is 60.8 Å². The number of rotatable bonds is 5. The van der Waals surface area contributed by atoms with Gasteiger partial charge in [-0.1, -0.05) is 49.8 Å². The molecule has 0 aliphatic rings. The Balaban J connectivity index is 1.80. The third-order valence-electron chi connectivity index (χ3n) is 4.57. The fraction of sp³-hybridized carbons (Fsp3) is 0.154. The Morgan fingerprint density at radius 3 is 2.32 bits per heavy atom. The van der Waals surface area contributed by atoms with E-state index in [-0.39, 0.29) is 5.56 Å². The number of nitrogens with zero attached hydrogens (tertiary/aromatic N) is 2. The van der Waals surface area contributed by atoms with Crippen molar-refractivity contribution in [1.82, 2.24) is 4.98 Å². The second-order valence-electron chi connectivity index (χ2n) is 8.41. The molecule has 0 unspecified atom stereocenters. The van der Waals surface area contributed by atoms with E-state index >= 15 is 0 Å². The standard InChI is InChI=1S/C26H24N4O3Si/c1-27-20-9-7-19(8-10-20)25(31)29-23-12-11-21(33-2)16-22(23)26(32)30-24-13-6-18(17-28-24)14-15-34(3,4)5/h6-13,16-17H,2-5H3,(H,29,31)(H,28,30,32). The minimum atomic E-state index is -1.50. The first-order chi connectivity index (χ1) is 16.2. The molecule has 0 saturated carbocycles. The highest BCUT2D eigenvalue weighted by Crippen LogP contribution is 2.24. The van der Waals surface area contributed by atoms with Crippen molar-refractivity contribution in [2.45, 2.75) is 19.6 Å². The predicted molar refractivity (Wildman–Crippen MR) is 136 cm³/mol. The number of hydrogen-bond donors (Lipinski definition) is 2. The van der Waals surface area contributed by atoms with Gasteiger partial charge in [0.2, 0.25) is 0 Å². The number of anilines is 2. The summed E-state index contributed by atoms with van der Waals surface area (Å²) in [6, 6.07) is 14.5. The molecule has 7 nitrogen and oxygen atoms in total. The van der Waals surface area contributed by atoms with E-state index < -0.39 is 19.9 Å². The number of ether oxygens (including phenoxy) is 1. The van der Waals surface area contributed by atoms with Gasteiger partial charge in [-0.05, 0) is 30.3 Å². The fourth-order valence-corrected chi connectivity index (χ4v) is 3.33. The van der Waals surface area contributed by atoms with Gasteiger partial charge in [0.05, 0.1) is 24.9 Å². The summed E-state index contributed by atoms with van der Waals surface area (Å²) in [4.78, 5) is 33.3. The average Bonchev–Trinajstić information content (AvgIpc) is 2.83. The van der Waals surface area contributed by atoms with Crippen molar-refractivity contribution < 1.29 is 14.3 Å². The van der Waals surface area contributed by atoms with E-state index in [2.05, 4.69) is 51.6 Å². The molecule has 2 N–H and O–H groups in total. The van der Waals surface area contributed by atoms with Crippen molar-refractivity contribution in [2.24, 2.45) is 0 Å². The van der Waals surface area contributed by atoms with Crippen molar-refractivity contribution in [1.29, 1.82) is 0 Å². The number of pyridine rings is 1. The van der Waals surface area contributed by atoms with Crippen LogP contribution in [-0.2, 0) is 0 Å². The van der Waals surface area contributed by atoms with Crippen LogP contribution >= 0.6 is 0 Å². The van der Waals surface area contributed by atoms with E-state index in [0.29, 0.717) is 28.5 Å². The first-order valence-electron chi connectivity index (χ1n) is 10.5. The maximum Gasteiger partial charge on any atom is 0.259 e. The Hall–Kier alpha value is -4.40. The molecule has 0 fully saturated rings. The van der Waals surface area contributed by atoms with Gasteiger partial charge in [-0.15, -0.1) is 5.54 Å². The summed E-state index contributed by atoms with van der Waals surface area (Å²) >= 11 is 0. The molecule has 0 aliphatic heterocycles. The number of methoxy groups -OCH3 is 1. The number of benzene rings is 2. The lowest BCUT2D eigenvalue weighted by Gasteiger charge is -2.13. The zero-order valence-electron chi connectivity index (χ0n) is 19.4. The van der Waals surface area contributed by atoms with Gasteiger partial charge in [0.15, 0.2) is 5.69 Å². The minimum Gasteiger partial charge on any atom is -0.497 e. The molecular weight excluding hydrogens is 444 g/mol. The summed E-state index contributed by atoms with van der Waals surface area (Å²) in [5, 5.41) is 5.50. The van der Waals surface area contributed by atoms with Gasteiger partial charge in [0, 0.05) is 17.3 Å². The molecule has 170 valence electrons. The third-order valence-corrected chi connectivity index (χ3v) is 5.44. The van der Waals surface area contributed by atoms with Gasteiger partial charge in [-0.3, -0.25) is 9.59 Å². The highest BCUT2D eigenvalue weighted by molar-refractivity contribution is 6.83. The van der Waals surface area contributed by atoms with E-state index in [4.69, 9.17) is 11.3 Å². The number of carbonyl (C=O) groups is 2. The smallest absolute Gasteiger partial charge is 0.259 e. The maximum absolute atomic E-state index is 13.0. The molecular formula is C26H24N4O3Si. The summed E-state index contributed by atoms with van der Waals surface area (Å²) in [6.07, 6.45) is 1.61. The Kier molecular flexibility index (Phi) is 7.47. The molecule has 8 heteroatoms. The number of amides is 2. The molecule has 3 aromatic rings. The van der Waals surface area contributed by atoms with Crippen molar-refractivity contribution in [2.75, 3.05) is 17.7 Å². The largest absolute Gasteiger partial charge is 0.497 e.